The predicted molar refractivity (Wildman–Crippen MR) is 80.9 cm³/mol. The summed E-state index contributed by atoms with van der Waals surface area (Å²) in [7, 11) is 0. The molecule has 0 aliphatic heterocycles. The van der Waals surface area contributed by atoms with Gasteiger partial charge >= 0.3 is 0 Å². The highest BCUT2D eigenvalue weighted by atomic mass is 32.1. The number of fused-ring (bicyclic) bond motifs is 1. The van der Waals surface area contributed by atoms with Crippen LogP contribution >= 0.6 is 11.3 Å². The van der Waals surface area contributed by atoms with E-state index in [0.717, 1.165) is 36.6 Å². The van der Waals surface area contributed by atoms with Gasteiger partial charge in [-0.15, -0.1) is 11.3 Å². The lowest BCUT2D eigenvalue weighted by Crippen LogP contribution is -2.57. The zero-order valence-corrected chi connectivity index (χ0v) is 12.3. The first-order chi connectivity index (χ1) is 9.64. The monoisotopic (exact) mass is 285 g/mol. The van der Waals surface area contributed by atoms with Gasteiger partial charge in [-0.1, -0.05) is 12.1 Å². The van der Waals surface area contributed by atoms with Crippen LogP contribution in [0, 0.1) is 11.8 Å². The van der Waals surface area contributed by atoms with Gasteiger partial charge in [0.2, 0.25) is 0 Å². The second-order valence-corrected chi connectivity index (χ2v) is 8.48. The Labute approximate surface area is 122 Å². The van der Waals surface area contributed by atoms with Crippen molar-refractivity contribution in [3.05, 3.63) is 29.3 Å². The Kier molecular flexibility index (Phi) is 2.13. The molecule has 104 valence electrons. The van der Waals surface area contributed by atoms with E-state index in [-0.39, 0.29) is 11.0 Å². The van der Waals surface area contributed by atoms with E-state index in [9.17, 15) is 5.11 Å². The van der Waals surface area contributed by atoms with Gasteiger partial charge in [0.25, 0.3) is 0 Å². The molecule has 1 N–H and O–H groups in total. The fourth-order valence-corrected chi connectivity index (χ4v) is 6.74. The molecule has 2 nitrogen and oxygen atoms in total. The molecule has 20 heavy (non-hydrogen) atoms. The molecule has 3 heteroatoms. The molecule has 0 spiro atoms. The molecule has 4 fully saturated rings. The van der Waals surface area contributed by atoms with Gasteiger partial charge in [-0.3, -0.25) is 0 Å². The average Bonchev–Trinajstić information content (AvgIpc) is 2.80. The van der Waals surface area contributed by atoms with Crippen molar-refractivity contribution in [1.82, 2.24) is 4.98 Å². The smallest absolute Gasteiger partial charge is 0.100 e. The van der Waals surface area contributed by atoms with Crippen molar-refractivity contribution in [2.45, 2.75) is 49.5 Å². The third-order valence-electron chi connectivity index (χ3n) is 5.78. The van der Waals surface area contributed by atoms with E-state index in [2.05, 4.69) is 24.3 Å². The molecule has 4 bridgehead atoms. The quantitative estimate of drug-likeness (QED) is 0.862. The summed E-state index contributed by atoms with van der Waals surface area (Å²) in [4.78, 5) is 4.94. The molecule has 4 saturated carbocycles. The molecule has 1 aromatic carbocycles. The Morgan fingerprint density at radius 1 is 1.10 bits per heavy atom. The molecular weight excluding hydrogens is 266 g/mol. The Balaban J connectivity index is 1.65. The van der Waals surface area contributed by atoms with Crippen molar-refractivity contribution in [1.29, 1.82) is 0 Å². The van der Waals surface area contributed by atoms with Crippen LogP contribution in [0.3, 0.4) is 0 Å². The van der Waals surface area contributed by atoms with E-state index in [1.54, 1.807) is 0 Å². The fourth-order valence-electron chi connectivity index (χ4n) is 5.56. The maximum absolute atomic E-state index is 10.9. The van der Waals surface area contributed by atoms with Gasteiger partial charge in [-0.2, -0.15) is 0 Å². The van der Waals surface area contributed by atoms with Crippen LogP contribution in [0.5, 0.6) is 0 Å². The van der Waals surface area contributed by atoms with E-state index in [1.807, 2.05) is 11.3 Å². The topological polar surface area (TPSA) is 33.1 Å². The lowest BCUT2D eigenvalue weighted by atomic mass is 9.48. The summed E-state index contributed by atoms with van der Waals surface area (Å²) in [5, 5.41) is 12.2. The van der Waals surface area contributed by atoms with E-state index in [0.29, 0.717) is 0 Å². The molecule has 0 saturated heterocycles. The molecule has 2 aromatic rings. The highest BCUT2D eigenvalue weighted by molar-refractivity contribution is 7.18. The van der Waals surface area contributed by atoms with Gasteiger partial charge in [0.05, 0.1) is 15.8 Å². The predicted octanol–water partition coefficient (Wildman–Crippen LogP) is 3.88. The van der Waals surface area contributed by atoms with Crippen molar-refractivity contribution in [2.75, 3.05) is 0 Å². The van der Waals surface area contributed by atoms with Crippen LogP contribution < -0.4 is 0 Å². The molecule has 2 unspecified atom stereocenters. The average molecular weight is 285 g/mol. The van der Waals surface area contributed by atoms with Crippen LogP contribution in [0.4, 0.5) is 0 Å². The summed E-state index contributed by atoms with van der Waals surface area (Å²) >= 11 is 1.86. The number of rotatable bonds is 1. The molecule has 0 amide bonds. The number of aliphatic hydroxyl groups is 1. The van der Waals surface area contributed by atoms with E-state index >= 15 is 0 Å². The minimum Gasteiger partial charge on any atom is -0.390 e. The van der Waals surface area contributed by atoms with Gasteiger partial charge in [-0.05, 0) is 62.5 Å². The van der Waals surface area contributed by atoms with Crippen molar-refractivity contribution < 1.29 is 5.11 Å². The zero-order valence-electron chi connectivity index (χ0n) is 11.5. The van der Waals surface area contributed by atoms with Crippen LogP contribution in [-0.2, 0) is 5.41 Å². The summed E-state index contributed by atoms with van der Waals surface area (Å²) in [5.74, 6) is 1.46. The molecule has 4 aliphatic carbocycles. The Hall–Kier alpha value is -0.930. The SMILES string of the molecule is OC12C[C@H]3C[C@@H](C1)CC(c1nc4ccccc4s1)(C3)C2. The maximum atomic E-state index is 10.9. The van der Waals surface area contributed by atoms with Crippen LogP contribution in [0.2, 0.25) is 0 Å². The first kappa shape index (κ1) is 11.7. The molecule has 1 heterocycles. The zero-order chi connectivity index (χ0) is 13.4. The third kappa shape index (κ3) is 1.51. The molecule has 6 rings (SSSR count). The lowest BCUT2D eigenvalue weighted by Gasteiger charge is -2.59. The number of thiazole rings is 1. The minimum absolute atomic E-state index is 0.183. The van der Waals surface area contributed by atoms with Gasteiger partial charge in [0, 0.05) is 5.41 Å². The van der Waals surface area contributed by atoms with Crippen LogP contribution in [0.15, 0.2) is 24.3 Å². The summed E-state index contributed by atoms with van der Waals surface area (Å²) in [6, 6.07) is 8.45. The van der Waals surface area contributed by atoms with Crippen LogP contribution in [0.1, 0.15) is 43.5 Å². The number of hydrogen-bond donors (Lipinski definition) is 1. The minimum atomic E-state index is -0.387. The van der Waals surface area contributed by atoms with Crippen molar-refractivity contribution in [3.8, 4) is 0 Å². The maximum Gasteiger partial charge on any atom is 0.100 e. The van der Waals surface area contributed by atoms with E-state index in [1.165, 1.54) is 29.0 Å². The van der Waals surface area contributed by atoms with Gasteiger partial charge < -0.3 is 5.11 Å². The molecule has 4 aliphatic rings. The lowest BCUT2D eigenvalue weighted by molar-refractivity contribution is -0.136. The standard InChI is InChI=1S/C17H19NOS/c19-17-8-11-5-12(9-17)7-16(6-11,10-17)15-18-13-3-1-2-4-14(13)20-15/h1-4,11-12,19H,5-10H2/t11-,12+,16?,17?. The number of hydrogen-bond acceptors (Lipinski definition) is 3. The molecule has 1 aromatic heterocycles. The number of nitrogens with zero attached hydrogens (tertiary/aromatic N) is 1. The molecule has 0 radical (unpaired) electrons. The number of benzene rings is 1. The number of para-hydroxylation sites is 1. The summed E-state index contributed by atoms with van der Waals surface area (Å²) in [6.45, 7) is 0. The van der Waals surface area contributed by atoms with E-state index < -0.39 is 0 Å². The van der Waals surface area contributed by atoms with Gasteiger partial charge in [0.1, 0.15) is 5.01 Å². The van der Waals surface area contributed by atoms with Crippen LogP contribution in [-0.4, -0.2) is 15.7 Å². The normalized spacial score (nSPS) is 42.5. The Bertz CT molecular complexity index is 644. The van der Waals surface area contributed by atoms with Crippen molar-refractivity contribution >= 4 is 21.6 Å². The second-order valence-electron chi connectivity index (χ2n) is 7.45. The van der Waals surface area contributed by atoms with Gasteiger partial charge in [-0.25, -0.2) is 4.98 Å². The molecule has 4 atom stereocenters. The summed E-state index contributed by atoms with van der Waals surface area (Å²) in [6.07, 6.45) is 6.88. The second kappa shape index (κ2) is 3.63. The number of aromatic nitrogens is 1. The Morgan fingerprint density at radius 3 is 2.55 bits per heavy atom. The van der Waals surface area contributed by atoms with Crippen molar-refractivity contribution in [3.63, 3.8) is 0 Å². The van der Waals surface area contributed by atoms with Crippen LogP contribution in [0.25, 0.3) is 10.2 Å². The molecular formula is C17H19NOS. The first-order valence-electron chi connectivity index (χ1n) is 7.73. The third-order valence-corrected chi connectivity index (χ3v) is 7.06. The summed E-state index contributed by atoms with van der Waals surface area (Å²) < 4.78 is 1.30. The van der Waals surface area contributed by atoms with Gasteiger partial charge in [0.15, 0.2) is 0 Å². The fraction of sp³-hybridized carbons (Fsp3) is 0.588. The Morgan fingerprint density at radius 2 is 1.85 bits per heavy atom. The summed E-state index contributed by atoms with van der Waals surface area (Å²) in [5.41, 5.74) is 0.931. The largest absolute Gasteiger partial charge is 0.390 e. The first-order valence-corrected chi connectivity index (χ1v) is 8.54. The van der Waals surface area contributed by atoms with E-state index in [4.69, 9.17) is 4.98 Å². The van der Waals surface area contributed by atoms with Crippen molar-refractivity contribution in [2.24, 2.45) is 11.8 Å². The highest BCUT2D eigenvalue weighted by Crippen LogP contribution is 2.62. The highest BCUT2D eigenvalue weighted by Gasteiger charge is 2.58.